The van der Waals surface area contributed by atoms with E-state index in [9.17, 15) is 14.4 Å². The zero-order chi connectivity index (χ0) is 32.0. The topological polar surface area (TPSA) is 88.2 Å². The molecule has 1 heterocycles. The van der Waals surface area contributed by atoms with Crippen molar-refractivity contribution < 1.29 is 23.9 Å². The number of benzene rings is 4. The Kier molecular flexibility index (Phi) is 9.52. The summed E-state index contributed by atoms with van der Waals surface area (Å²) in [4.78, 5) is 42.0. The van der Waals surface area contributed by atoms with Crippen molar-refractivity contribution in [3.63, 3.8) is 0 Å². The van der Waals surface area contributed by atoms with Crippen LogP contribution >= 0.6 is 0 Å². The number of ether oxygens (including phenoxy) is 2. The van der Waals surface area contributed by atoms with Crippen LogP contribution in [-0.4, -0.2) is 61.3 Å². The predicted octanol–water partition coefficient (Wildman–Crippen LogP) is 7.39. The highest BCUT2D eigenvalue weighted by atomic mass is 16.6. The third kappa shape index (κ3) is 8.09. The molecule has 4 aromatic rings. The first-order chi connectivity index (χ1) is 21.6. The van der Waals surface area contributed by atoms with Crippen molar-refractivity contribution in [2.75, 3.05) is 43.0 Å². The minimum atomic E-state index is -0.523. The Morgan fingerprint density at radius 1 is 0.844 bits per heavy atom. The second kappa shape index (κ2) is 13.7. The summed E-state index contributed by atoms with van der Waals surface area (Å²) < 4.78 is 10.5. The number of nitrogens with one attached hydrogen (secondary N) is 1. The number of carbonyl (C=O) groups is 3. The van der Waals surface area contributed by atoms with E-state index in [0.29, 0.717) is 44.0 Å². The minimum Gasteiger partial charge on any atom is -0.463 e. The molecule has 0 atom stereocenters. The third-order valence-electron chi connectivity index (χ3n) is 7.43. The van der Waals surface area contributed by atoms with Gasteiger partial charge < -0.3 is 24.6 Å². The molecule has 8 nitrogen and oxygen atoms in total. The van der Waals surface area contributed by atoms with Gasteiger partial charge in [0.15, 0.2) is 0 Å². The van der Waals surface area contributed by atoms with Gasteiger partial charge in [-0.1, -0.05) is 48.5 Å². The maximum Gasteiger partial charge on any atom is 0.410 e. The van der Waals surface area contributed by atoms with Crippen LogP contribution < -0.4 is 10.2 Å². The molecule has 1 aliphatic rings. The van der Waals surface area contributed by atoms with E-state index in [0.717, 1.165) is 33.2 Å². The summed E-state index contributed by atoms with van der Waals surface area (Å²) in [6.07, 6.45) is 2.75. The molecule has 45 heavy (non-hydrogen) atoms. The Balaban J connectivity index is 1.36. The molecule has 8 heteroatoms. The van der Waals surface area contributed by atoms with Gasteiger partial charge in [0.25, 0.3) is 5.91 Å². The number of hydrogen-bond acceptors (Lipinski definition) is 6. The van der Waals surface area contributed by atoms with E-state index in [4.69, 9.17) is 9.47 Å². The number of anilines is 2. The second-order valence-corrected chi connectivity index (χ2v) is 11.9. The second-order valence-electron chi connectivity index (χ2n) is 11.9. The van der Waals surface area contributed by atoms with Gasteiger partial charge in [-0.15, -0.1) is 0 Å². The monoisotopic (exact) mass is 605 g/mol. The Labute approximate surface area is 264 Å². The number of carbonyl (C=O) groups excluding carboxylic acids is 3. The van der Waals surface area contributed by atoms with E-state index in [-0.39, 0.29) is 12.0 Å². The number of fused-ring (bicyclic) bond motifs is 1. The highest BCUT2D eigenvalue weighted by molar-refractivity contribution is 6.14. The molecule has 232 valence electrons. The molecule has 0 saturated carbocycles. The van der Waals surface area contributed by atoms with Gasteiger partial charge in [0.1, 0.15) is 5.60 Å². The van der Waals surface area contributed by atoms with Gasteiger partial charge in [-0.25, -0.2) is 9.59 Å². The first kappa shape index (κ1) is 31.3. The molecule has 1 saturated heterocycles. The summed E-state index contributed by atoms with van der Waals surface area (Å²) in [6, 6.07) is 27.5. The number of esters is 1. The summed E-state index contributed by atoms with van der Waals surface area (Å²) in [5, 5.41) is 4.85. The summed E-state index contributed by atoms with van der Waals surface area (Å²) >= 11 is 0. The Morgan fingerprint density at radius 2 is 1.60 bits per heavy atom. The van der Waals surface area contributed by atoms with Crippen LogP contribution in [0.4, 0.5) is 16.2 Å². The van der Waals surface area contributed by atoms with Crippen LogP contribution in [0, 0.1) is 0 Å². The fraction of sp³-hybridized carbons (Fsp3) is 0.270. The van der Waals surface area contributed by atoms with Gasteiger partial charge in [0, 0.05) is 49.2 Å². The molecule has 0 aliphatic carbocycles. The first-order valence-electron chi connectivity index (χ1n) is 15.2. The van der Waals surface area contributed by atoms with Crippen molar-refractivity contribution in [1.29, 1.82) is 0 Å². The molecule has 0 radical (unpaired) electrons. The lowest BCUT2D eigenvalue weighted by Gasteiger charge is -2.36. The zero-order valence-electron chi connectivity index (χ0n) is 26.2. The summed E-state index contributed by atoms with van der Waals surface area (Å²) in [5.74, 6) is -0.642. The maximum absolute atomic E-state index is 13.7. The molecular weight excluding hydrogens is 566 g/mol. The fourth-order valence-corrected chi connectivity index (χ4v) is 5.29. The van der Waals surface area contributed by atoms with Crippen LogP contribution in [0.5, 0.6) is 0 Å². The lowest BCUT2D eigenvalue weighted by atomic mass is 9.96. The summed E-state index contributed by atoms with van der Waals surface area (Å²) in [6.45, 7) is 10.3. The molecule has 0 spiro atoms. The van der Waals surface area contributed by atoms with Crippen LogP contribution in [0.1, 0.15) is 43.6 Å². The number of rotatable bonds is 7. The van der Waals surface area contributed by atoms with E-state index in [2.05, 4.69) is 28.4 Å². The maximum atomic E-state index is 13.7. The fourth-order valence-electron chi connectivity index (χ4n) is 5.29. The van der Waals surface area contributed by atoms with Crippen molar-refractivity contribution in [3.05, 3.63) is 102 Å². The first-order valence-corrected chi connectivity index (χ1v) is 15.2. The molecule has 1 N–H and O–H groups in total. The highest BCUT2D eigenvalue weighted by Crippen LogP contribution is 2.31. The molecule has 5 rings (SSSR count). The molecule has 0 unspecified atom stereocenters. The van der Waals surface area contributed by atoms with Crippen LogP contribution in [0.15, 0.2) is 91.0 Å². The Bertz CT molecular complexity index is 1730. The third-order valence-corrected chi connectivity index (χ3v) is 7.43. The van der Waals surface area contributed by atoms with Crippen LogP contribution in [0.3, 0.4) is 0 Å². The van der Waals surface area contributed by atoms with Crippen LogP contribution in [0.25, 0.3) is 28.0 Å². The summed E-state index contributed by atoms with van der Waals surface area (Å²) in [7, 11) is 0. The Hall–Kier alpha value is -5.11. The molecule has 1 aliphatic heterocycles. The van der Waals surface area contributed by atoms with Gasteiger partial charge in [0.05, 0.1) is 6.61 Å². The van der Waals surface area contributed by atoms with Crippen LogP contribution in [0.2, 0.25) is 0 Å². The molecule has 0 aromatic heterocycles. The quantitative estimate of drug-likeness (QED) is 0.175. The number of piperazine rings is 1. The summed E-state index contributed by atoms with van der Waals surface area (Å²) in [5.41, 5.74) is 4.41. The van der Waals surface area contributed by atoms with Gasteiger partial charge in [0.2, 0.25) is 0 Å². The molecule has 0 bridgehead atoms. The van der Waals surface area contributed by atoms with Gasteiger partial charge in [-0.2, -0.15) is 0 Å². The van der Waals surface area contributed by atoms with Crippen molar-refractivity contribution in [1.82, 2.24) is 4.90 Å². The standard InChI is InChI=1S/C37H39N3O5/c1-5-44-34(41)17-16-26-10-8-13-30(22-26)38-35(42)33-25-29(23-28-11-6-7-15-32(28)33)27-12-9-14-31(24-27)39-18-20-40(21-19-39)36(43)45-37(2,3)4/h6-17,22-25H,5,18-21H2,1-4H3,(H,38,42)/b17-16+. The highest BCUT2D eigenvalue weighted by Gasteiger charge is 2.26. The molecular formula is C37H39N3O5. The molecule has 2 amide bonds. The predicted molar refractivity (Wildman–Crippen MR) is 179 cm³/mol. The smallest absolute Gasteiger partial charge is 0.410 e. The van der Waals surface area contributed by atoms with Crippen LogP contribution in [-0.2, 0) is 14.3 Å². The van der Waals surface area contributed by atoms with E-state index < -0.39 is 11.6 Å². The average Bonchev–Trinajstić information content (AvgIpc) is 3.03. The minimum absolute atomic E-state index is 0.228. The average molecular weight is 606 g/mol. The largest absolute Gasteiger partial charge is 0.463 e. The molecule has 4 aromatic carbocycles. The van der Waals surface area contributed by atoms with Crippen molar-refractivity contribution in [2.45, 2.75) is 33.3 Å². The molecule has 1 fully saturated rings. The number of nitrogens with zero attached hydrogens (tertiary/aromatic N) is 2. The SMILES string of the molecule is CCOC(=O)/C=C/c1cccc(NC(=O)c2cc(-c3cccc(N4CCN(C(=O)OC(C)(C)C)CC4)c3)cc3ccccc23)c1. The number of hydrogen-bond donors (Lipinski definition) is 1. The van der Waals surface area contributed by atoms with E-state index in [1.807, 2.05) is 87.5 Å². The zero-order valence-corrected chi connectivity index (χ0v) is 26.2. The van der Waals surface area contributed by atoms with Gasteiger partial charge in [-0.3, -0.25) is 4.79 Å². The van der Waals surface area contributed by atoms with E-state index >= 15 is 0 Å². The van der Waals surface area contributed by atoms with E-state index in [1.54, 1.807) is 17.9 Å². The van der Waals surface area contributed by atoms with Crippen molar-refractivity contribution in [2.24, 2.45) is 0 Å². The lowest BCUT2D eigenvalue weighted by molar-refractivity contribution is -0.137. The van der Waals surface area contributed by atoms with Crippen molar-refractivity contribution >= 4 is 46.2 Å². The number of amides is 2. The lowest BCUT2D eigenvalue weighted by Crippen LogP contribution is -2.50. The van der Waals surface area contributed by atoms with Gasteiger partial charge >= 0.3 is 12.1 Å². The van der Waals surface area contributed by atoms with Gasteiger partial charge in [-0.05, 0) is 97.6 Å². The Morgan fingerprint density at radius 3 is 2.36 bits per heavy atom. The van der Waals surface area contributed by atoms with E-state index in [1.165, 1.54) is 6.08 Å². The van der Waals surface area contributed by atoms with Crippen molar-refractivity contribution in [3.8, 4) is 11.1 Å². The normalized spacial score (nSPS) is 13.6.